The molecule has 14 heteroatoms. The second-order valence-corrected chi connectivity index (χ2v) is 11.7. The van der Waals surface area contributed by atoms with Crippen LogP contribution >= 0.6 is 15.9 Å². The Kier molecular flexibility index (Phi) is 8.56. The Morgan fingerprint density at radius 3 is 2.32 bits per heavy atom. The summed E-state index contributed by atoms with van der Waals surface area (Å²) in [6.07, 6.45) is -3.03. The molecule has 0 saturated carbocycles. The summed E-state index contributed by atoms with van der Waals surface area (Å²) in [7, 11) is -2.82. The average molecular weight is 581 g/mol. The zero-order valence-corrected chi connectivity index (χ0v) is 21.7. The number of carbonyl (C=O) groups excluding carboxylic acids is 1. The molecule has 182 valence electrons. The highest BCUT2D eigenvalue weighted by molar-refractivity contribution is 9.10. The van der Waals surface area contributed by atoms with Crippen LogP contribution < -0.4 is 11.2 Å². The molecule has 0 N–H and O–H groups in total. The number of halogens is 5. The van der Waals surface area contributed by atoms with Gasteiger partial charge in [0.1, 0.15) is 21.3 Å². The van der Waals surface area contributed by atoms with Crippen LogP contribution in [0.25, 0.3) is 5.69 Å². The van der Waals surface area contributed by atoms with E-state index < -0.39 is 61.9 Å². The van der Waals surface area contributed by atoms with Crippen molar-refractivity contribution in [3.63, 3.8) is 0 Å². The number of alkyl halides is 3. The predicted molar refractivity (Wildman–Crippen MR) is 121 cm³/mol. The lowest BCUT2D eigenvalue weighted by molar-refractivity contribution is -0.144. The van der Waals surface area contributed by atoms with E-state index in [1.165, 1.54) is 6.08 Å². The molecule has 34 heavy (non-hydrogen) atoms. The highest BCUT2D eigenvalue weighted by Crippen LogP contribution is 2.28. The molecule has 1 atom stereocenters. The molecule has 2 aromatic rings. The first kappa shape index (κ1) is 28.2. The van der Waals surface area contributed by atoms with Gasteiger partial charge >= 0.3 is 11.9 Å². The van der Waals surface area contributed by atoms with E-state index in [-0.39, 0.29) is 31.7 Å². The van der Waals surface area contributed by atoms with E-state index in [2.05, 4.69) is 32.2 Å². The van der Waals surface area contributed by atoms with Crippen molar-refractivity contribution in [2.45, 2.75) is 19.5 Å². The van der Waals surface area contributed by atoms with E-state index in [0.29, 0.717) is 4.44 Å². The van der Waals surface area contributed by atoms with E-state index in [0.717, 1.165) is 25.4 Å². The highest BCUT2D eigenvalue weighted by atomic mass is 79.9. The summed E-state index contributed by atoms with van der Waals surface area (Å²) in [5.41, 5.74) is -4.82. The Morgan fingerprint density at radius 2 is 1.82 bits per heavy atom. The van der Waals surface area contributed by atoms with Crippen molar-refractivity contribution in [2.75, 3.05) is 12.0 Å². The average Bonchev–Trinajstić information content (AvgIpc) is 2.64. The molecular formula is C20H18AlBrF4N2O5S. The Bertz CT molecular complexity index is 1390. The molecule has 0 aliphatic heterocycles. The summed E-state index contributed by atoms with van der Waals surface area (Å²) in [6.45, 7) is 1.61. The van der Waals surface area contributed by atoms with Gasteiger partial charge in [0.05, 0.1) is 11.4 Å². The molecule has 0 spiro atoms. The normalized spacial score (nSPS) is 13.7. The van der Waals surface area contributed by atoms with Gasteiger partial charge in [-0.1, -0.05) is 22.9 Å². The maximum Gasteiger partial charge on any atom is 0.431 e. The summed E-state index contributed by atoms with van der Waals surface area (Å²) < 4.78 is 78.9. The van der Waals surface area contributed by atoms with Gasteiger partial charge in [-0.15, -0.1) is 0 Å². The molecule has 1 heterocycles. The number of hydrogen-bond acceptors (Lipinski definition) is 5. The van der Waals surface area contributed by atoms with Gasteiger partial charge in [0.25, 0.3) is 5.56 Å². The standard InChI is InChI=1S/C20H18BrF4N2O5S.Al/c1-4-5-16(28)12(10-33(3,31)32)6-11-7-15(14(22)8-13(11)21)27-18(29)9-17(20(23,24)25)26(2)19(27)30;/h5,7-9,12H,6,10H2,1-3H3;. The van der Waals surface area contributed by atoms with Gasteiger partial charge in [-0.3, -0.25) is 14.2 Å². The summed E-state index contributed by atoms with van der Waals surface area (Å²) in [5.74, 6) is -3.21. The molecule has 1 aromatic carbocycles. The highest BCUT2D eigenvalue weighted by Gasteiger charge is 2.35. The number of benzene rings is 1. The van der Waals surface area contributed by atoms with Gasteiger partial charge in [0, 0.05) is 29.8 Å². The van der Waals surface area contributed by atoms with E-state index in [1.54, 1.807) is 6.92 Å². The fourth-order valence-electron chi connectivity index (χ4n) is 3.24. The van der Waals surface area contributed by atoms with Crippen LogP contribution in [0.5, 0.6) is 0 Å². The van der Waals surface area contributed by atoms with Gasteiger partial charge in [0.15, 0.2) is 22.1 Å². The van der Waals surface area contributed by atoms with Crippen molar-refractivity contribution < 1.29 is 30.8 Å². The second-order valence-electron chi connectivity index (χ2n) is 7.72. The fraction of sp³-hybridized carbons (Fsp3) is 0.350. The second kappa shape index (κ2) is 10.3. The van der Waals surface area contributed by atoms with Crippen LogP contribution in [-0.4, -0.2) is 51.6 Å². The first-order chi connectivity index (χ1) is 15.4. The molecule has 1 unspecified atom stereocenters. The number of rotatable bonds is 7. The van der Waals surface area contributed by atoms with E-state index in [9.17, 15) is 40.4 Å². The van der Waals surface area contributed by atoms with Crippen LogP contribution in [0.1, 0.15) is 18.2 Å². The Morgan fingerprint density at radius 1 is 1.24 bits per heavy atom. The first-order valence-electron chi connectivity index (χ1n) is 9.46. The molecule has 0 amide bonds. The van der Waals surface area contributed by atoms with Crippen LogP contribution in [0.4, 0.5) is 17.6 Å². The van der Waals surface area contributed by atoms with Crippen LogP contribution in [0, 0.1) is 11.7 Å². The van der Waals surface area contributed by atoms with Crippen molar-refractivity contribution in [2.24, 2.45) is 13.0 Å². The van der Waals surface area contributed by atoms with Crippen LogP contribution in [0.3, 0.4) is 0 Å². The van der Waals surface area contributed by atoms with Gasteiger partial charge in [-0.05, 0) is 30.2 Å². The molecule has 2 rings (SSSR count). The van der Waals surface area contributed by atoms with E-state index >= 15 is 0 Å². The molecule has 1 aromatic heterocycles. The third-order valence-electron chi connectivity index (χ3n) is 4.71. The van der Waals surface area contributed by atoms with Crippen molar-refractivity contribution in [3.05, 3.63) is 71.1 Å². The molecule has 7 nitrogen and oxygen atoms in total. The minimum Gasteiger partial charge on any atom is -0.295 e. The largest absolute Gasteiger partial charge is 0.431 e. The monoisotopic (exact) mass is 580 g/mol. The number of nitrogens with zero attached hydrogens (tertiary/aromatic N) is 2. The summed E-state index contributed by atoms with van der Waals surface area (Å²) >= 11 is 5.40. The predicted octanol–water partition coefficient (Wildman–Crippen LogP) is 2.30. The zero-order chi connectivity index (χ0) is 26.2. The van der Waals surface area contributed by atoms with E-state index in [4.69, 9.17) is 0 Å². The lowest BCUT2D eigenvalue weighted by Crippen LogP contribution is -2.41. The van der Waals surface area contributed by atoms with Gasteiger partial charge in [-0.25, -0.2) is 22.2 Å². The summed E-state index contributed by atoms with van der Waals surface area (Å²) in [4.78, 5) is 37.5. The molecule has 0 aliphatic rings. The van der Waals surface area contributed by atoms with Crippen LogP contribution in [0.2, 0.25) is 0 Å². The van der Waals surface area contributed by atoms with Crippen molar-refractivity contribution in [1.29, 1.82) is 0 Å². The van der Waals surface area contributed by atoms with Crippen molar-refractivity contribution >= 4 is 47.8 Å². The summed E-state index contributed by atoms with van der Waals surface area (Å²) in [6, 6.07) is 2.08. The van der Waals surface area contributed by atoms with Gasteiger partial charge in [-0.2, -0.15) is 17.6 Å². The third kappa shape index (κ3) is 6.78. The number of carbonyl (C=O) groups is 1. The number of sulfone groups is 1. The van der Waals surface area contributed by atoms with E-state index in [1.807, 2.05) is 0 Å². The zero-order valence-electron chi connectivity index (χ0n) is 18.1. The molecular weight excluding hydrogens is 563 g/mol. The minimum atomic E-state index is -4.99. The topological polar surface area (TPSA) is 95.2 Å². The maximum absolute atomic E-state index is 14.7. The fourth-order valence-corrected chi connectivity index (χ4v) is 4.90. The maximum atomic E-state index is 14.7. The smallest absolute Gasteiger partial charge is 0.295 e. The molecule has 2 radical (unpaired) electrons. The number of ketones is 1. The van der Waals surface area contributed by atoms with Crippen LogP contribution in [0.15, 0.2) is 42.8 Å². The molecule has 0 aliphatic carbocycles. The van der Waals surface area contributed by atoms with Crippen LogP contribution in [-0.2, 0) is 34.3 Å². The lowest BCUT2D eigenvalue weighted by Gasteiger charge is -2.18. The molecule has 0 bridgehead atoms. The number of aromatic nitrogens is 2. The number of hydrogen-bond donors (Lipinski definition) is 0. The third-order valence-corrected chi connectivity index (χ3v) is 6.62. The van der Waals surface area contributed by atoms with Gasteiger partial charge in [0.2, 0.25) is 0 Å². The summed E-state index contributed by atoms with van der Waals surface area (Å²) in [5, 5.41) is 0. The van der Waals surface area contributed by atoms with Crippen molar-refractivity contribution in [3.8, 4) is 5.69 Å². The molecule has 0 saturated heterocycles. The quantitative estimate of drug-likeness (QED) is 0.284. The Labute approximate surface area is 208 Å². The van der Waals surface area contributed by atoms with Crippen molar-refractivity contribution in [1.82, 2.24) is 9.13 Å². The molecule has 0 fully saturated rings. The first-order valence-corrected chi connectivity index (χ1v) is 12.9. The SMILES string of the molecule is C/[C]([Al])=C\C(=O)C(Cc1cc(-n2c(=O)cc(C(F)(F)F)n(C)c2=O)c(F)cc1Br)CS(C)(=O)=O. The minimum absolute atomic E-state index is 0.114. The Hall–Kier alpha value is -2.01. The lowest BCUT2D eigenvalue weighted by atomic mass is 9.96. The number of allylic oxidation sites excluding steroid dienone is 2. The van der Waals surface area contributed by atoms with Gasteiger partial charge < -0.3 is 0 Å². The Balaban J connectivity index is 2.70.